The molecule has 4 rings (SSSR count). The SMILES string of the molecule is Cc1cc(Cc2ccccc2F)cc([C@@H]2CCCN(C(=O)Cc3nonc3C)C2)n1. The molecule has 6 nitrogen and oxygen atoms in total. The third-order valence-corrected chi connectivity index (χ3v) is 5.64. The lowest BCUT2D eigenvalue weighted by molar-refractivity contribution is -0.131. The summed E-state index contributed by atoms with van der Waals surface area (Å²) in [4.78, 5) is 19.4. The minimum Gasteiger partial charge on any atom is -0.342 e. The van der Waals surface area contributed by atoms with Crippen LogP contribution >= 0.6 is 0 Å². The zero-order valence-corrected chi connectivity index (χ0v) is 17.3. The molecule has 156 valence electrons. The van der Waals surface area contributed by atoms with Gasteiger partial charge in [0.25, 0.3) is 0 Å². The van der Waals surface area contributed by atoms with Crippen molar-refractivity contribution in [2.75, 3.05) is 13.1 Å². The summed E-state index contributed by atoms with van der Waals surface area (Å²) >= 11 is 0. The highest BCUT2D eigenvalue weighted by Crippen LogP contribution is 2.28. The molecule has 2 aromatic heterocycles. The van der Waals surface area contributed by atoms with E-state index in [1.165, 1.54) is 6.07 Å². The molecule has 30 heavy (non-hydrogen) atoms. The van der Waals surface area contributed by atoms with Gasteiger partial charge in [-0.15, -0.1) is 0 Å². The minimum atomic E-state index is -0.194. The number of likely N-dealkylation sites (tertiary alicyclic amines) is 1. The number of halogens is 1. The van der Waals surface area contributed by atoms with Crippen LogP contribution in [0.15, 0.2) is 41.0 Å². The number of nitrogens with zero attached hydrogens (tertiary/aromatic N) is 4. The summed E-state index contributed by atoms with van der Waals surface area (Å²) < 4.78 is 18.8. The summed E-state index contributed by atoms with van der Waals surface area (Å²) in [7, 11) is 0. The van der Waals surface area contributed by atoms with Crippen molar-refractivity contribution in [3.05, 3.63) is 76.1 Å². The summed E-state index contributed by atoms with van der Waals surface area (Å²) in [6.07, 6.45) is 2.62. The lowest BCUT2D eigenvalue weighted by atomic mass is 9.92. The van der Waals surface area contributed by atoms with E-state index < -0.39 is 0 Å². The maximum absolute atomic E-state index is 14.1. The van der Waals surface area contributed by atoms with Crippen molar-refractivity contribution in [3.63, 3.8) is 0 Å². The number of pyridine rings is 1. The van der Waals surface area contributed by atoms with E-state index in [-0.39, 0.29) is 24.1 Å². The first-order chi connectivity index (χ1) is 14.5. The monoisotopic (exact) mass is 408 g/mol. The molecule has 0 spiro atoms. The Kier molecular flexibility index (Phi) is 5.88. The largest absolute Gasteiger partial charge is 0.342 e. The average molecular weight is 408 g/mol. The molecule has 7 heteroatoms. The molecule has 0 unspecified atom stereocenters. The predicted octanol–water partition coefficient (Wildman–Crippen LogP) is 3.76. The molecule has 3 heterocycles. The molecule has 1 aliphatic rings. The fourth-order valence-electron chi connectivity index (χ4n) is 4.05. The summed E-state index contributed by atoms with van der Waals surface area (Å²) in [5.74, 6) is -0.00294. The molecule has 1 atom stereocenters. The van der Waals surface area contributed by atoms with Crippen LogP contribution < -0.4 is 0 Å². The third-order valence-electron chi connectivity index (χ3n) is 5.64. The Balaban J connectivity index is 1.49. The molecular formula is C23H25FN4O2. The number of carbonyl (C=O) groups excluding carboxylic acids is 1. The minimum absolute atomic E-state index is 0.0257. The van der Waals surface area contributed by atoms with Crippen LogP contribution in [0, 0.1) is 19.7 Å². The number of aromatic nitrogens is 3. The topological polar surface area (TPSA) is 72.1 Å². The van der Waals surface area contributed by atoms with E-state index in [0.717, 1.165) is 36.3 Å². The Labute approximate surface area is 175 Å². The van der Waals surface area contributed by atoms with Crippen molar-refractivity contribution < 1.29 is 13.8 Å². The Morgan fingerprint density at radius 2 is 2.07 bits per heavy atom. The van der Waals surface area contributed by atoms with Crippen LogP contribution in [0.1, 0.15) is 52.7 Å². The highest BCUT2D eigenvalue weighted by atomic mass is 19.1. The summed E-state index contributed by atoms with van der Waals surface area (Å²) in [5, 5.41) is 7.57. The third kappa shape index (κ3) is 4.56. The van der Waals surface area contributed by atoms with Gasteiger partial charge in [0.05, 0.1) is 6.42 Å². The van der Waals surface area contributed by atoms with E-state index in [9.17, 15) is 9.18 Å². The number of hydrogen-bond donors (Lipinski definition) is 0. The van der Waals surface area contributed by atoms with E-state index in [1.54, 1.807) is 13.0 Å². The van der Waals surface area contributed by atoms with Gasteiger partial charge < -0.3 is 4.90 Å². The molecule has 0 bridgehead atoms. The molecule has 1 aromatic carbocycles. The molecule has 1 amide bonds. The zero-order chi connectivity index (χ0) is 21.1. The smallest absolute Gasteiger partial charge is 0.228 e. The Morgan fingerprint density at radius 3 is 2.83 bits per heavy atom. The van der Waals surface area contributed by atoms with E-state index >= 15 is 0 Å². The number of piperidine rings is 1. The van der Waals surface area contributed by atoms with Gasteiger partial charge in [-0.3, -0.25) is 9.78 Å². The van der Waals surface area contributed by atoms with Gasteiger partial charge in [0.2, 0.25) is 5.91 Å². The summed E-state index contributed by atoms with van der Waals surface area (Å²) in [5.41, 5.74) is 4.82. The molecule has 3 aromatic rings. The van der Waals surface area contributed by atoms with Crippen LogP contribution in [-0.4, -0.2) is 39.2 Å². The first-order valence-corrected chi connectivity index (χ1v) is 10.3. The molecule has 1 fully saturated rings. The highest BCUT2D eigenvalue weighted by molar-refractivity contribution is 5.78. The highest BCUT2D eigenvalue weighted by Gasteiger charge is 2.27. The van der Waals surface area contributed by atoms with E-state index in [0.29, 0.717) is 29.9 Å². The van der Waals surface area contributed by atoms with Crippen LogP contribution in [0.3, 0.4) is 0 Å². The lowest BCUT2D eigenvalue weighted by Gasteiger charge is -2.32. The molecule has 1 aliphatic heterocycles. The van der Waals surface area contributed by atoms with Crippen LogP contribution in [0.25, 0.3) is 0 Å². The normalized spacial score (nSPS) is 16.6. The zero-order valence-electron chi connectivity index (χ0n) is 17.3. The Bertz CT molecular complexity index is 1050. The standard InChI is InChI=1S/C23H25FN4O2/c1-15-10-17(11-18-6-3-4-8-20(18)24)12-22(25-15)19-7-5-9-28(14-19)23(29)13-21-16(2)26-30-27-21/h3-4,6,8,10,12,19H,5,7,9,11,13-14H2,1-2H3/t19-/m1/s1. The molecule has 1 saturated heterocycles. The van der Waals surface area contributed by atoms with Crippen LogP contribution in [-0.2, 0) is 17.6 Å². The number of benzene rings is 1. The fourth-order valence-corrected chi connectivity index (χ4v) is 4.05. The number of hydrogen-bond acceptors (Lipinski definition) is 5. The second-order valence-electron chi connectivity index (χ2n) is 7.96. The number of amides is 1. The molecule has 0 radical (unpaired) electrons. The van der Waals surface area contributed by atoms with E-state index in [1.807, 2.05) is 30.0 Å². The van der Waals surface area contributed by atoms with Gasteiger partial charge in [-0.2, -0.15) is 0 Å². The number of carbonyl (C=O) groups is 1. The van der Waals surface area contributed by atoms with Gasteiger partial charge in [-0.25, -0.2) is 9.02 Å². The molecule has 0 saturated carbocycles. The van der Waals surface area contributed by atoms with Crippen molar-refractivity contribution in [1.29, 1.82) is 0 Å². The molecular weight excluding hydrogens is 383 g/mol. The van der Waals surface area contributed by atoms with Gasteiger partial charge in [0.1, 0.15) is 17.2 Å². The van der Waals surface area contributed by atoms with E-state index in [2.05, 4.69) is 16.4 Å². The lowest BCUT2D eigenvalue weighted by Crippen LogP contribution is -2.40. The van der Waals surface area contributed by atoms with Crippen LogP contribution in [0.5, 0.6) is 0 Å². The average Bonchev–Trinajstić information content (AvgIpc) is 3.14. The first-order valence-electron chi connectivity index (χ1n) is 10.3. The van der Waals surface area contributed by atoms with Crippen molar-refractivity contribution in [1.82, 2.24) is 20.2 Å². The van der Waals surface area contributed by atoms with Crippen LogP contribution in [0.4, 0.5) is 4.39 Å². The van der Waals surface area contributed by atoms with Crippen LogP contribution in [0.2, 0.25) is 0 Å². The second-order valence-corrected chi connectivity index (χ2v) is 7.96. The van der Waals surface area contributed by atoms with Gasteiger partial charge in [0.15, 0.2) is 0 Å². The Hall–Kier alpha value is -3.09. The quantitative estimate of drug-likeness (QED) is 0.643. The molecule has 0 aliphatic carbocycles. The fraction of sp³-hybridized carbons (Fsp3) is 0.391. The van der Waals surface area contributed by atoms with Crippen molar-refractivity contribution in [3.8, 4) is 0 Å². The van der Waals surface area contributed by atoms with Crippen molar-refractivity contribution in [2.24, 2.45) is 0 Å². The van der Waals surface area contributed by atoms with E-state index in [4.69, 9.17) is 9.61 Å². The predicted molar refractivity (Wildman–Crippen MR) is 109 cm³/mol. The summed E-state index contributed by atoms with van der Waals surface area (Å²) in [6, 6.07) is 10.9. The maximum atomic E-state index is 14.1. The van der Waals surface area contributed by atoms with Crippen molar-refractivity contribution >= 4 is 5.91 Å². The van der Waals surface area contributed by atoms with Gasteiger partial charge in [0, 0.05) is 36.8 Å². The summed E-state index contributed by atoms with van der Waals surface area (Å²) in [6.45, 7) is 5.10. The Morgan fingerprint density at radius 1 is 1.23 bits per heavy atom. The maximum Gasteiger partial charge on any atom is 0.228 e. The van der Waals surface area contributed by atoms with Gasteiger partial charge in [-0.05, 0) is 56.0 Å². The first kappa shape index (κ1) is 20.2. The van der Waals surface area contributed by atoms with Crippen molar-refractivity contribution in [2.45, 2.75) is 45.4 Å². The van der Waals surface area contributed by atoms with Gasteiger partial charge in [-0.1, -0.05) is 28.5 Å². The van der Waals surface area contributed by atoms with Gasteiger partial charge >= 0.3 is 0 Å². The second kappa shape index (κ2) is 8.73. The number of aryl methyl sites for hydroxylation is 2. The molecule has 0 N–H and O–H groups in total. The number of rotatable bonds is 5.